The van der Waals surface area contributed by atoms with Crippen molar-refractivity contribution in [3.05, 3.63) is 35.2 Å². The van der Waals surface area contributed by atoms with Gasteiger partial charge in [0.05, 0.1) is 0 Å². The van der Waals surface area contributed by atoms with E-state index in [1.54, 1.807) is 0 Å². The molecule has 1 aromatic rings. The van der Waals surface area contributed by atoms with E-state index >= 15 is 0 Å². The molecule has 0 N–H and O–H groups in total. The van der Waals surface area contributed by atoms with Crippen molar-refractivity contribution in [3.8, 4) is 0 Å². The molecule has 0 bridgehead atoms. The van der Waals surface area contributed by atoms with Gasteiger partial charge >= 0.3 is 0 Å². The lowest BCUT2D eigenvalue weighted by Gasteiger charge is -2.14. The van der Waals surface area contributed by atoms with Gasteiger partial charge in [-0.25, -0.2) is 4.57 Å². The lowest BCUT2D eigenvalue weighted by atomic mass is 9.91. The number of rotatable bonds is 4. The van der Waals surface area contributed by atoms with E-state index in [1.165, 1.54) is 16.8 Å². The van der Waals surface area contributed by atoms with Crippen LogP contribution in [0.2, 0.25) is 0 Å². The van der Waals surface area contributed by atoms with Gasteiger partial charge in [-0.15, -0.1) is 0 Å². The van der Waals surface area contributed by atoms with Crippen molar-refractivity contribution in [1.82, 2.24) is 0 Å². The zero-order valence-corrected chi connectivity index (χ0v) is 11.6. The van der Waals surface area contributed by atoms with Gasteiger partial charge in [-0.2, -0.15) is 0 Å². The number of nitrogens with zero attached hydrogens (tertiary/aromatic N) is 1. The van der Waals surface area contributed by atoms with E-state index in [0.717, 1.165) is 19.3 Å². The molecule has 0 amide bonds. The molecular weight excluding hydrogens is 222 g/mol. The third-order valence-electron chi connectivity index (χ3n) is 3.71. The standard InChI is InChI=1S/C16H22NO/c1-12(2)16(18)9-7-13-6-8-14-5-4-10-17(3)15(14)11-13/h4-5,10-12H,6-9H2,1-3H3/q+1. The fourth-order valence-electron chi connectivity index (χ4n) is 2.42. The van der Waals surface area contributed by atoms with Crippen LogP contribution in [-0.4, -0.2) is 5.78 Å². The molecule has 0 spiro atoms. The number of fused-ring (bicyclic) bond motifs is 1. The van der Waals surface area contributed by atoms with E-state index in [-0.39, 0.29) is 5.92 Å². The van der Waals surface area contributed by atoms with Crippen molar-refractivity contribution in [3.63, 3.8) is 0 Å². The largest absolute Gasteiger partial charge is 0.299 e. The molecular formula is C16H22NO+. The van der Waals surface area contributed by atoms with Crippen LogP contribution >= 0.6 is 0 Å². The Morgan fingerprint density at radius 1 is 1.39 bits per heavy atom. The highest BCUT2D eigenvalue weighted by molar-refractivity contribution is 5.80. The van der Waals surface area contributed by atoms with Crippen LogP contribution in [0.1, 0.15) is 44.4 Å². The van der Waals surface area contributed by atoms with Gasteiger partial charge in [0.15, 0.2) is 6.20 Å². The maximum absolute atomic E-state index is 11.7. The van der Waals surface area contributed by atoms with Gasteiger partial charge in [-0.3, -0.25) is 4.79 Å². The van der Waals surface area contributed by atoms with Gasteiger partial charge in [-0.1, -0.05) is 19.4 Å². The van der Waals surface area contributed by atoms with Crippen molar-refractivity contribution in [2.75, 3.05) is 0 Å². The molecule has 1 aliphatic rings. The molecule has 2 rings (SSSR count). The fourth-order valence-corrected chi connectivity index (χ4v) is 2.42. The number of Topliss-reactive ketones (excluding diaryl/α,β-unsaturated/α-hetero) is 1. The van der Waals surface area contributed by atoms with Crippen LogP contribution in [0, 0.1) is 5.92 Å². The van der Waals surface area contributed by atoms with Crippen LogP contribution in [0.5, 0.6) is 0 Å². The number of aryl methyl sites for hydroxylation is 2. The Bertz CT molecular complexity index is 486. The van der Waals surface area contributed by atoms with Gasteiger partial charge < -0.3 is 0 Å². The minimum atomic E-state index is 0.164. The third-order valence-corrected chi connectivity index (χ3v) is 3.71. The van der Waals surface area contributed by atoms with Gasteiger partial charge in [0.2, 0.25) is 5.69 Å². The Kier molecular flexibility index (Phi) is 3.95. The van der Waals surface area contributed by atoms with Crippen molar-refractivity contribution < 1.29 is 9.36 Å². The van der Waals surface area contributed by atoms with Crippen molar-refractivity contribution in [2.45, 2.75) is 39.5 Å². The van der Waals surface area contributed by atoms with Crippen LogP contribution in [0.15, 0.2) is 23.9 Å². The van der Waals surface area contributed by atoms with Gasteiger partial charge in [0.25, 0.3) is 0 Å². The number of allylic oxidation sites excluding steroid dienone is 1. The number of pyridine rings is 1. The van der Waals surface area contributed by atoms with E-state index in [1.807, 2.05) is 13.8 Å². The molecule has 0 atom stereocenters. The summed E-state index contributed by atoms with van der Waals surface area (Å²) in [5, 5.41) is 0. The summed E-state index contributed by atoms with van der Waals surface area (Å²) in [7, 11) is 2.08. The molecule has 1 heterocycles. The number of hydrogen-bond acceptors (Lipinski definition) is 1. The molecule has 0 saturated heterocycles. The van der Waals surface area contributed by atoms with E-state index in [0.29, 0.717) is 12.2 Å². The molecule has 0 aliphatic heterocycles. The van der Waals surface area contributed by atoms with Crippen molar-refractivity contribution >= 4 is 11.9 Å². The first-order valence-electron chi connectivity index (χ1n) is 6.77. The fraction of sp³-hybridized carbons (Fsp3) is 0.500. The number of hydrogen-bond donors (Lipinski definition) is 0. The maximum Gasteiger partial charge on any atom is 0.208 e. The molecule has 0 fully saturated rings. The molecule has 0 unspecified atom stereocenters. The molecule has 2 nitrogen and oxygen atoms in total. The van der Waals surface area contributed by atoms with Crippen LogP contribution in [0.3, 0.4) is 0 Å². The zero-order chi connectivity index (χ0) is 13.1. The smallest absolute Gasteiger partial charge is 0.208 e. The summed E-state index contributed by atoms with van der Waals surface area (Å²) in [6.07, 6.45) is 8.17. The topological polar surface area (TPSA) is 20.9 Å². The Morgan fingerprint density at radius 2 is 2.17 bits per heavy atom. The van der Waals surface area contributed by atoms with Crippen LogP contribution < -0.4 is 4.57 Å². The third kappa shape index (κ3) is 2.87. The van der Waals surface area contributed by atoms with Crippen LogP contribution in [0.25, 0.3) is 6.08 Å². The molecule has 1 aliphatic carbocycles. The summed E-state index contributed by atoms with van der Waals surface area (Å²) < 4.78 is 2.17. The molecule has 18 heavy (non-hydrogen) atoms. The quantitative estimate of drug-likeness (QED) is 0.746. The van der Waals surface area contributed by atoms with Gasteiger partial charge in [0.1, 0.15) is 12.8 Å². The minimum absolute atomic E-state index is 0.164. The monoisotopic (exact) mass is 244 g/mol. The Labute approximate surface area is 109 Å². The first kappa shape index (κ1) is 13.0. The summed E-state index contributed by atoms with van der Waals surface area (Å²) in [6.45, 7) is 3.96. The number of carbonyl (C=O) groups excluding carboxylic acids is 1. The second-order valence-corrected chi connectivity index (χ2v) is 5.45. The number of aromatic nitrogens is 1. The zero-order valence-electron chi connectivity index (χ0n) is 11.6. The second-order valence-electron chi connectivity index (χ2n) is 5.45. The van der Waals surface area contributed by atoms with Crippen molar-refractivity contribution in [1.29, 1.82) is 0 Å². The van der Waals surface area contributed by atoms with E-state index < -0.39 is 0 Å². The first-order chi connectivity index (χ1) is 8.58. The van der Waals surface area contributed by atoms with E-state index in [9.17, 15) is 4.79 Å². The Balaban J connectivity index is 2.09. The van der Waals surface area contributed by atoms with Crippen molar-refractivity contribution in [2.24, 2.45) is 13.0 Å². The predicted molar refractivity (Wildman–Crippen MR) is 73.0 cm³/mol. The molecule has 1 aromatic heterocycles. The van der Waals surface area contributed by atoms with E-state index in [2.05, 4.69) is 36.0 Å². The van der Waals surface area contributed by atoms with Gasteiger partial charge in [0, 0.05) is 30.0 Å². The lowest BCUT2D eigenvalue weighted by Crippen LogP contribution is -2.33. The summed E-state index contributed by atoms with van der Waals surface area (Å²) >= 11 is 0. The highest BCUT2D eigenvalue weighted by Crippen LogP contribution is 2.24. The second kappa shape index (κ2) is 5.47. The Morgan fingerprint density at radius 3 is 2.89 bits per heavy atom. The van der Waals surface area contributed by atoms with Crippen LogP contribution in [-0.2, 0) is 18.3 Å². The highest BCUT2D eigenvalue weighted by atomic mass is 16.1. The molecule has 96 valence electrons. The number of carbonyl (C=O) groups is 1. The predicted octanol–water partition coefficient (Wildman–Crippen LogP) is 2.85. The molecule has 0 aromatic carbocycles. The summed E-state index contributed by atoms with van der Waals surface area (Å²) in [4.78, 5) is 11.7. The lowest BCUT2D eigenvalue weighted by molar-refractivity contribution is -0.673. The molecule has 0 radical (unpaired) electrons. The maximum atomic E-state index is 11.7. The average Bonchev–Trinajstić information content (AvgIpc) is 2.36. The SMILES string of the molecule is CC(C)C(=O)CCC1=Cc2c(ccc[n+]2C)CC1. The summed E-state index contributed by atoms with van der Waals surface area (Å²) in [5.41, 5.74) is 4.13. The molecule has 2 heteroatoms. The van der Waals surface area contributed by atoms with Crippen LogP contribution in [0.4, 0.5) is 0 Å². The Hall–Kier alpha value is -1.44. The normalized spacial score (nSPS) is 14.3. The van der Waals surface area contributed by atoms with Gasteiger partial charge in [-0.05, 0) is 25.3 Å². The highest BCUT2D eigenvalue weighted by Gasteiger charge is 2.18. The summed E-state index contributed by atoms with van der Waals surface area (Å²) in [6, 6.07) is 4.29. The molecule has 0 saturated carbocycles. The van der Waals surface area contributed by atoms with E-state index in [4.69, 9.17) is 0 Å². The summed E-state index contributed by atoms with van der Waals surface area (Å²) in [5.74, 6) is 0.539. The number of ketones is 1. The minimum Gasteiger partial charge on any atom is -0.299 e. The first-order valence-corrected chi connectivity index (χ1v) is 6.77. The average molecular weight is 244 g/mol.